The highest BCUT2D eigenvalue weighted by atomic mass is 35.5. The molecule has 138 valence electrons. The lowest BCUT2D eigenvalue weighted by Gasteiger charge is -2.21. The van der Waals surface area contributed by atoms with Gasteiger partial charge in [0.15, 0.2) is 0 Å². The van der Waals surface area contributed by atoms with Gasteiger partial charge in [-0.1, -0.05) is 23.7 Å². The number of carboxylic acid groups (broad SMARTS) is 1. The van der Waals surface area contributed by atoms with Crippen LogP contribution in [0.25, 0.3) is 0 Å². The van der Waals surface area contributed by atoms with Crippen LogP contribution in [0.3, 0.4) is 0 Å². The minimum Gasteiger partial charge on any atom is -0.544 e. The van der Waals surface area contributed by atoms with Gasteiger partial charge in [0.05, 0.1) is 11.3 Å². The number of hydrogen-bond acceptors (Lipinski definition) is 5. The first-order valence-electron chi connectivity index (χ1n) is 8.37. The molecule has 2 aliphatic rings. The predicted molar refractivity (Wildman–Crippen MR) is 92.5 cm³/mol. The van der Waals surface area contributed by atoms with Crippen LogP contribution in [0.1, 0.15) is 11.6 Å². The highest BCUT2D eigenvalue weighted by Crippen LogP contribution is 2.43. The minimum atomic E-state index is -1.41. The average Bonchev–Trinajstić information content (AvgIpc) is 3.14. The Kier molecular flexibility index (Phi) is 4.13. The molecule has 0 unspecified atom stereocenters. The van der Waals surface area contributed by atoms with E-state index in [9.17, 15) is 24.6 Å². The minimum absolute atomic E-state index is 0.0540. The number of benzene rings is 2. The summed E-state index contributed by atoms with van der Waals surface area (Å²) in [5.74, 6) is -4.54. The largest absolute Gasteiger partial charge is 0.544 e. The zero-order valence-corrected chi connectivity index (χ0v) is 14.7. The first-order chi connectivity index (χ1) is 12.9. The molecule has 2 fully saturated rings. The number of hydrogen-bond donors (Lipinski definition) is 2. The van der Waals surface area contributed by atoms with Crippen LogP contribution >= 0.6 is 11.6 Å². The fourth-order valence-electron chi connectivity index (χ4n) is 4.07. The second-order valence-electron chi connectivity index (χ2n) is 6.66. The van der Waals surface area contributed by atoms with E-state index in [0.717, 1.165) is 4.90 Å². The van der Waals surface area contributed by atoms with Crippen LogP contribution in [0, 0.1) is 11.8 Å². The number of amides is 2. The number of carboxylic acids is 1. The molecule has 0 aliphatic carbocycles. The Morgan fingerprint density at radius 1 is 1.04 bits per heavy atom. The number of carbonyl (C=O) groups is 3. The van der Waals surface area contributed by atoms with Crippen LogP contribution in [-0.4, -0.2) is 28.9 Å². The van der Waals surface area contributed by atoms with Gasteiger partial charge in [-0.15, -0.1) is 0 Å². The summed E-state index contributed by atoms with van der Waals surface area (Å²) >= 11 is 5.87. The zero-order valence-electron chi connectivity index (χ0n) is 13.9. The number of aliphatic carboxylic acids is 1. The van der Waals surface area contributed by atoms with Crippen molar-refractivity contribution >= 4 is 35.1 Å². The number of anilines is 1. The van der Waals surface area contributed by atoms with Crippen LogP contribution in [0.4, 0.5) is 5.69 Å². The maximum Gasteiger partial charge on any atom is 0.244 e. The summed E-state index contributed by atoms with van der Waals surface area (Å²) in [4.78, 5) is 38.7. The maximum atomic E-state index is 13.1. The Morgan fingerprint density at radius 3 is 2.30 bits per heavy atom. The highest BCUT2D eigenvalue weighted by Gasteiger charge is 2.63. The summed E-state index contributed by atoms with van der Waals surface area (Å²) in [5, 5.41) is 23.7. The molecule has 0 saturated carbocycles. The van der Waals surface area contributed by atoms with Crippen molar-refractivity contribution in [1.29, 1.82) is 0 Å². The maximum absolute atomic E-state index is 13.1. The van der Waals surface area contributed by atoms with E-state index in [1.807, 2.05) is 0 Å². The fraction of sp³-hybridized carbons (Fsp3) is 0.211. The lowest BCUT2D eigenvalue weighted by atomic mass is 9.86. The number of para-hydroxylation sites is 1. The van der Waals surface area contributed by atoms with Crippen LogP contribution in [0.15, 0.2) is 48.5 Å². The smallest absolute Gasteiger partial charge is 0.244 e. The lowest BCUT2D eigenvalue weighted by molar-refractivity contribution is -0.705. The molecule has 2 heterocycles. The number of fused-ring (bicyclic) bond motifs is 1. The molecule has 3 N–H and O–H groups in total. The average molecular weight is 387 g/mol. The fourth-order valence-corrected chi connectivity index (χ4v) is 4.19. The van der Waals surface area contributed by atoms with E-state index in [0.29, 0.717) is 16.3 Å². The molecular weight excluding hydrogens is 372 g/mol. The molecule has 0 aromatic heterocycles. The molecule has 27 heavy (non-hydrogen) atoms. The molecular formula is C19H15ClN2O5. The summed E-state index contributed by atoms with van der Waals surface area (Å²) in [6.45, 7) is 0. The van der Waals surface area contributed by atoms with E-state index in [2.05, 4.69) is 0 Å². The SMILES string of the molecule is O=C([O-])[C@@H]1[NH2+][C@@H](c2ccccc2O)[C@@H]2C(=O)N(c3ccc(Cl)cc3)C(=O)[C@@H]21. The van der Waals surface area contributed by atoms with Crippen molar-refractivity contribution in [3.05, 3.63) is 59.1 Å². The van der Waals surface area contributed by atoms with Gasteiger partial charge in [0.2, 0.25) is 11.8 Å². The van der Waals surface area contributed by atoms with Crippen molar-refractivity contribution in [3.63, 3.8) is 0 Å². The van der Waals surface area contributed by atoms with Crippen molar-refractivity contribution in [1.82, 2.24) is 0 Å². The number of nitrogens with two attached hydrogens (primary N) is 1. The molecule has 2 aliphatic heterocycles. The van der Waals surface area contributed by atoms with Crippen LogP contribution in [0.5, 0.6) is 5.75 Å². The molecule has 2 saturated heterocycles. The van der Waals surface area contributed by atoms with Gasteiger partial charge >= 0.3 is 0 Å². The van der Waals surface area contributed by atoms with Crippen molar-refractivity contribution in [2.24, 2.45) is 11.8 Å². The molecule has 2 amide bonds. The third kappa shape index (κ3) is 2.67. The number of phenolic OH excluding ortho intramolecular Hbond substituents is 1. The number of phenols is 1. The van der Waals surface area contributed by atoms with Gasteiger partial charge in [0.25, 0.3) is 0 Å². The van der Waals surface area contributed by atoms with E-state index in [1.54, 1.807) is 30.3 Å². The molecule has 8 heteroatoms. The zero-order chi connectivity index (χ0) is 19.3. The Balaban J connectivity index is 1.79. The van der Waals surface area contributed by atoms with Crippen molar-refractivity contribution in [2.75, 3.05) is 4.90 Å². The molecule has 2 aromatic rings. The quantitative estimate of drug-likeness (QED) is 0.696. The van der Waals surface area contributed by atoms with E-state index in [-0.39, 0.29) is 5.75 Å². The van der Waals surface area contributed by atoms with Gasteiger partial charge in [0, 0.05) is 5.02 Å². The Morgan fingerprint density at radius 2 is 1.67 bits per heavy atom. The molecule has 0 spiro atoms. The standard InChI is InChI=1S/C19H15ClN2O5/c20-9-5-7-10(8-6-9)22-17(24)13-14(18(22)25)16(19(26)27)21-15(13)11-3-1-2-4-12(11)23/h1-8,13-16,21,23H,(H,26,27)/t13-,14+,15+,16-/m1/s1. The van der Waals surface area contributed by atoms with Crippen LogP contribution in [-0.2, 0) is 14.4 Å². The van der Waals surface area contributed by atoms with E-state index >= 15 is 0 Å². The highest BCUT2D eigenvalue weighted by molar-refractivity contribution is 6.31. The van der Waals surface area contributed by atoms with Gasteiger partial charge in [-0.2, -0.15) is 0 Å². The van der Waals surface area contributed by atoms with Crippen molar-refractivity contribution in [3.8, 4) is 5.75 Å². The van der Waals surface area contributed by atoms with Gasteiger partial charge in [0.1, 0.15) is 35.6 Å². The number of imide groups is 1. The molecule has 2 aromatic carbocycles. The van der Waals surface area contributed by atoms with E-state index < -0.39 is 41.7 Å². The number of aromatic hydroxyl groups is 1. The number of carbonyl (C=O) groups excluding carboxylic acids is 3. The number of quaternary nitrogens is 1. The first-order valence-corrected chi connectivity index (χ1v) is 8.75. The molecule has 0 radical (unpaired) electrons. The normalized spacial score (nSPS) is 27.1. The van der Waals surface area contributed by atoms with Gasteiger partial charge in [-0.05, 0) is 36.4 Å². The summed E-state index contributed by atoms with van der Waals surface area (Å²) in [6, 6.07) is 10.6. The third-order valence-corrected chi connectivity index (χ3v) is 5.49. The Labute approximate surface area is 159 Å². The molecule has 7 nitrogen and oxygen atoms in total. The van der Waals surface area contributed by atoms with Crippen molar-refractivity contribution in [2.45, 2.75) is 12.1 Å². The number of rotatable bonds is 3. The van der Waals surface area contributed by atoms with Crippen LogP contribution < -0.4 is 15.3 Å². The third-order valence-electron chi connectivity index (χ3n) is 5.24. The topological polar surface area (TPSA) is 114 Å². The van der Waals surface area contributed by atoms with Crippen LogP contribution in [0.2, 0.25) is 5.02 Å². The second kappa shape index (κ2) is 6.37. The van der Waals surface area contributed by atoms with Crippen molar-refractivity contribution < 1.29 is 29.9 Å². The van der Waals surface area contributed by atoms with Gasteiger partial charge in [-0.25, -0.2) is 4.90 Å². The molecule has 4 rings (SSSR count). The summed E-state index contributed by atoms with van der Waals surface area (Å²) < 4.78 is 0. The monoisotopic (exact) mass is 386 g/mol. The van der Waals surface area contributed by atoms with Gasteiger partial charge < -0.3 is 20.3 Å². The summed E-state index contributed by atoms with van der Waals surface area (Å²) in [6.07, 6.45) is 0. The molecule has 4 atom stereocenters. The van der Waals surface area contributed by atoms with Gasteiger partial charge in [-0.3, -0.25) is 9.59 Å². The first kappa shape index (κ1) is 17.5. The number of halogens is 1. The number of nitrogens with zero attached hydrogens (tertiary/aromatic N) is 1. The lowest BCUT2D eigenvalue weighted by Crippen LogP contribution is -2.92. The Hall–Kier alpha value is -2.90. The molecule has 0 bridgehead atoms. The van der Waals surface area contributed by atoms with E-state index in [1.165, 1.54) is 23.5 Å². The summed E-state index contributed by atoms with van der Waals surface area (Å²) in [5.41, 5.74) is 0.743. The second-order valence-corrected chi connectivity index (χ2v) is 7.10. The Bertz CT molecular complexity index is 945. The summed E-state index contributed by atoms with van der Waals surface area (Å²) in [7, 11) is 0. The van der Waals surface area contributed by atoms with E-state index in [4.69, 9.17) is 11.6 Å². The predicted octanol–water partition coefficient (Wildman–Crippen LogP) is -0.412.